The van der Waals surface area contributed by atoms with Crippen molar-refractivity contribution in [1.29, 1.82) is 0 Å². The highest BCUT2D eigenvalue weighted by Crippen LogP contribution is 2.15. The standard InChI is InChI=1S/C56H97NO7/c1-6-8-10-12-14-16-18-20-22-24-25-26-27-28-29-31-32-34-36-38-40-42-44-46-54(58)63-51-52(50-62-49-48-53(56(60)61)57(3,4)5)64-55(59)47-45-43-41-39-37-35-33-30-23-21-19-17-15-13-11-9-7-2/h8,10,14-17,20-23,25-26,52-53H,6-7,9,11-13,18-19,24,27-51H2,1-5H3/b10-8+,16-14+,17-15+,22-20+,23-21+,26-25+. The number of likely N-dealkylation sites (N-methyl/N-ethyl adjacent to an activating group) is 1. The lowest BCUT2D eigenvalue weighted by Gasteiger charge is -2.34. The molecule has 0 rings (SSSR count). The number of carboxylic acid groups (broad SMARTS) is 1. The van der Waals surface area contributed by atoms with Gasteiger partial charge in [-0.05, 0) is 83.5 Å². The van der Waals surface area contributed by atoms with Crippen LogP contribution in [0.15, 0.2) is 72.9 Å². The highest BCUT2D eigenvalue weighted by atomic mass is 16.6. The maximum atomic E-state index is 12.8. The van der Waals surface area contributed by atoms with E-state index in [-0.39, 0.29) is 42.7 Å². The maximum Gasteiger partial charge on any atom is 0.306 e. The van der Waals surface area contributed by atoms with Crippen molar-refractivity contribution < 1.29 is 38.2 Å². The number of ether oxygens (including phenoxy) is 3. The van der Waals surface area contributed by atoms with Crippen LogP contribution in [-0.2, 0) is 28.6 Å². The van der Waals surface area contributed by atoms with Gasteiger partial charge < -0.3 is 28.6 Å². The Morgan fingerprint density at radius 3 is 1.30 bits per heavy atom. The van der Waals surface area contributed by atoms with E-state index >= 15 is 0 Å². The van der Waals surface area contributed by atoms with Crippen LogP contribution in [0, 0.1) is 0 Å². The highest BCUT2D eigenvalue weighted by molar-refractivity contribution is 5.70. The topological polar surface area (TPSA) is 102 Å². The molecule has 0 amide bonds. The fourth-order valence-corrected chi connectivity index (χ4v) is 7.33. The number of hydrogen-bond acceptors (Lipinski definition) is 7. The van der Waals surface area contributed by atoms with Crippen molar-refractivity contribution >= 4 is 17.9 Å². The predicted octanol–water partition coefficient (Wildman–Crippen LogP) is 13.8. The summed E-state index contributed by atoms with van der Waals surface area (Å²) in [4.78, 5) is 37.1. The van der Waals surface area contributed by atoms with Crippen molar-refractivity contribution in [2.75, 3.05) is 41.0 Å². The summed E-state index contributed by atoms with van der Waals surface area (Å²) < 4.78 is 17.2. The molecule has 64 heavy (non-hydrogen) atoms. The molecule has 0 aliphatic carbocycles. The minimum atomic E-state index is -1.13. The van der Waals surface area contributed by atoms with Crippen molar-refractivity contribution in [3.8, 4) is 0 Å². The largest absolute Gasteiger partial charge is 0.544 e. The molecule has 0 aromatic rings. The third-order valence-corrected chi connectivity index (χ3v) is 11.3. The molecule has 2 atom stereocenters. The third-order valence-electron chi connectivity index (χ3n) is 11.3. The average molecular weight is 896 g/mol. The van der Waals surface area contributed by atoms with Gasteiger partial charge in [0.25, 0.3) is 0 Å². The zero-order valence-corrected chi connectivity index (χ0v) is 41.9. The summed E-state index contributed by atoms with van der Waals surface area (Å²) in [6.45, 7) is 4.52. The number of hydrogen-bond donors (Lipinski definition) is 0. The minimum absolute atomic E-state index is 0.0339. The zero-order valence-electron chi connectivity index (χ0n) is 41.9. The van der Waals surface area contributed by atoms with Gasteiger partial charge in [0.1, 0.15) is 12.6 Å². The van der Waals surface area contributed by atoms with Crippen molar-refractivity contribution in [2.45, 2.75) is 225 Å². The summed E-state index contributed by atoms with van der Waals surface area (Å²) in [5.41, 5.74) is 0. The Labute approximate surface area is 393 Å². The Morgan fingerprint density at radius 2 is 0.875 bits per heavy atom. The molecule has 368 valence electrons. The van der Waals surface area contributed by atoms with Gasteiger partial charge in [0.15, 0.2) is 6.10 Å². The van der Waals surface area contributed by atoms with E-state index in [1.54, 1.807) is 21.1 Å². The first kappa shape index (κ1) is 60.8. The van der Waals surface area contributed by atoms with E-state index < -0.39 is 18.1 Å². The Morgan fingerprint density at radius 1 is 0.484 bits per heavy atom. The van der Waals surface area contributed by atoms with E-state index in [1.807, 2.05) is 0 Å². The summed E-state index contributed by atoms with van der Waals surface area (Å²) in [6.07, 6.45) is 59.3. The first-order chi connectivity index (χ1) is 31.1. The van der Waals surface area contributed by atoms with Gasteiger partial charge in [0, 0.05) is 19.3 Å². The molecule has 0 aliphatic rings. The quantitative estimate of drug-likeness (QED) is 0.0259. The fraction of sp³-hybridized carbons (Fsp3) is 0.732. The van der Waals surface area contributed by atoms with Crippen LogP contribution in [0.1, 0.15) is 213 Å². The van der Waals surface area contributed by atoms with E-state index in [4.69, 9.17) is 14.2 Å². The molecule has 8 nitrogen and oxygen atoms in total. The molecule has 0 fully saturated rings. The molecule has 0 bridgehead atoms. The maximum absolute atomic E-state index is 12.8. The number of esters is 2. The van der Waals surface area contributed by atoms with E-state index in [0.29, 0.717) is 12.8 Å². The Balaban J connectivity index is 4.24. The molecule has 0 saturated carbocycles. The van der Waals surface area contributed by atoms with E-state index in [2.05, 4.69) is 86.8 Å². The van der Waals surface area contributed by atoms with Gasteiger partial charge in [-0.25, -0.2) is 0 Å². The van der Waals surface area contributed by atoms with Crippen LogP contribution in [0.25, 0.3) is 0 Å². The lowest BCUT2D eigenvalue weighted by Crippen LogP contribution is -2.55. The number of allylic oxidation sites excluding steroid dienone is 12. The van der Waals surface area contributed by atoms with Crippen molar-refractivity contribution in [1.82, 2.24) is 0 Å². The van der Waals surface area contributed by atoms with E-state index in [1.165, 1.54) is 103 Å². The van der Waals surface area contributed by atoms with Gasteiger partial charge in [-0.3, -0.25) is 9.59 Å². The van der Waals surface area contributed by atoms with Gasteiger partial charge in [-0.2, -0.15) is 0 Å². The second-order valence-corrected chi connectivity index (χ2v) is 18.4. The molecule has 0 aromatic carbocycles. The molecular formula is C56H97NO7. The summed E-state index contributed by atoms with van der Waals surface area (Å²) in [6, 6.07) is -0.731. The number of carboxylic acids is 1. The number of rotatable bonds is 46. The van der Waals surface area contributed by atoms with Gasteiger partial charge in [0.2, 0.25) is 0 Å². The minimum Gasteiger partial charge on any atom is -0.544 e. The second-order valence-electron chi connectivity index (χ2n) is 18.4. The zero-order chi connectivity index (χ0) is 47.0. The van der Waals surface area contributed by atoms with Crippen molar-refractivity contribution in [3.63, 3.8) is 0 Å². The molecule has 0 N–H and O–H groups in total. The molecule has 2 unspecified atom stereocenters. The number of nitrogens with zero attached hydrogens (tertiary/aromatic N) is 1. The first-order valence-corrected chi connectivity index (χ1v) is 26.0. The lowest BCUT2D eigenvalue weighted by molar-refractivity contribution is -0.889. The molecule has 8 heteroatoms. The van der Waals surface area contributed by atoms with E-state index in [0.717, 1.165) is 77.0 Å². The van der Waals surface area contributed by atoms with Crippen LogP contribution in [0.5, 0.6) is 0 Å². The van der Waals surface area contributed by atoms with Crippen molar-refractivity contribution in [3.05, 3.63) is 72.9 Å². The molecule has 0 saturated heterocycles. The van der Waals surface area contributed by atoms with Crippen LogP contribution < -0.4 is 5.11 Å². The van der Waals surface area contributed by atoms with Crippen LogP contribution >= 0.6 is 0 Å². The molecule has 0 aromatic heterocycles. The molecule has 0 aliphatic heterocycles. The Bertz CT molecular complexity index is 1270. The molecule has 0 heterocycles. The summed E-state index contributed by atoms with van der Waals surface area (Å²) in [7, 11) is 5.41. The number of carbonyl (C=O) groups is 3. The van der Waals surface area contributed by atoms with Gasteiger partial charge in [0.05, 0.1) is 40.3 Å². The van der Waals surface area contributed by atoms with E-state index in [9.17, 15) is 19.5 Å². The molecular weight excluding hydrogens is 799 g/mol. The summed E-state index contributed by atoms with van der Waals surface area (Å²) in [5, 5.41) is 11.7. The fourth-order valence-electron chi connectivity index (χ4n) is 7.33. The van der Waals surface area contributed by atoms with Crippen molar-refractivity contribution in [2.24, 2.45) is 0 Å². The Hall–Kier alpha value is -3.23. The SMILES string of the molecule is CC/C=C/C/C=C/C/C=C/C/C=C/CCCCCCCCCCCCC(=O)OCC(COCCC(C(=O)[O-])[N+](C)(C)C)OC(=O)CCCCCCCCC/C=C/C/C=C/CCCCC. The molecule has 0 radical (unpaired) electrons. The van der Waals surface area contributed by atoms with Gasteiger partial charge in [-0.15, -0.1) is 0 Å². The Kier molecular flexibility index (Phi) is 44.0. The van der Waals surface area contributed by atoms with Crippen LogP contribution in [-0.4, -0.2) is 75.5 Å². The predicted molar refractivity (Wildman–Crippen MR) is 268 cm³/mol. The van der Waals surface area contributed by atoms with Crippen LogP contribution in [0.2, 0.25) is 0 Å². The van der Waals surface area contributed by atoms with Crippen LogP contribution in [0.4, 0.5) is 0 Å². The summed E-state index contributed by atoms with van der Waals surface area (Å²) in [5.74, 6) is -1.75. The highest BCUT2D eigenvalue weighted by Gasteiger charge is 2.25. The number of unbranched alkanes of at least 4 members (excludes halogenated alkanes) is 20. The smallest absolute Gasteiger partial charge is 0.306 e. The third kappa shape index (κ3) is 44.0. The number of aliphatic carboxylic acids is 1. The summed E-state index contributed by atoms with van der Waals surface area (Å²) >= 11 is 0. The average Bonchev–Trinajstić information content (AvgIpc) is 3.26. The first-order valence-electron chi connectivity index (χ1n) is 26.0. The second kappa shape index (κ2) is 46.3. The normalized spacial score (nSPS) is 13.5. The number of quaternary nitrogens is 1. The van der Waals surface area contributed by atoms with Gasteiger partial charge in [-0.1, -0.05) is 183 Å². The van der Waals surface area contributed by atoms with Gasteiger partial charge >= 0.3 is 11.9 Å². The molecule has 0 spiro atoms. The lowest BCUT2D eigenvalue weighted by atomic mass is 10.1. The monoisotopic (exact) mass is 896 g/mol. The van der Waals surface area contributed by atoms with Crippen LogP contribution in [0.3, 0.4) is 0 Å². The number of carbonyl (C=O) groups excluding carboxylic acids is 3.